The standard InChI is InChI=1S/C19H28N2O2/c1-16(2)21-13-10-19(15-21)8-11-20(12-9-19)18(22)23-14-17-6-4-3-5-7-17/h3-7,16H,8-15H2,1-2H3. The van der Waals surface area contributed by atoms with Gasteiger partial charge in [-0.05, 0) is 50.6 Å². The van der Waals surface area contributed by atoms with Gasteiger partial charge >= 0.3 is 6.09 Å². The molecular weight excluding hydrogens is 288 g/mol. The molecule has 0 radical (unpaired) electrons. The van der Waals surface area contributed by atoms with Gasteiger partial charge in [-0.2, -0.15) is 0 Å². The van der Waals surface area contributed by atoms with Crippen molar-refractivity contribution >= 4 is 6.09 Å². The molecule has 0 N–H and O–H groups in total. The Morgan fingerprint density at radius 1 is 1.13 bits per heavy atom. The summed E-state index contributed by atoms with van der Waals surface area (Å²) in [5.41, 5.74) is 1.47. The number of benzene rings is 1. The summed E-state index contributed by atoms with van der Waals surface area (Å²) in [6.45, 7) is 8.97. The first kappa shape index (κ1) is 16.3. The van der Waals surface area contributed by atoms with E-state index in [4.69, 9.17) is 4.74 Å². The lowest BCUT2D eigenvalue weighted by Crippen LogP contribution is -2.44. The average Bonchev–Trinajstić information content (AvgIpc) is 2.98. The van der Waals surface area contributed by atoms with E-state index in [9.17, 15) is 4.79 Å². The van der Waals surface area contributed by atoms with Crippen molar-refractivity contribution in [3.63, 3.8) is 0 Å². The third-order valence-corrected chi connectivity index (χ3v) is 5.49. The van der Waals surface area contributed by atoms with Crippen molar-refractivity contribution in [1.82, 2.24) is 9.80 Å². The van der Waals surface area contributed by atoms with Crippen molar-refractivity contribution in [2.24, 2.45) is 5.41 Å². The molecule has 0 aliphatic carbocycles. The summed E-state index contributed by atoms with van der Waals surface area (Å²) in [5, 5.41) is 0. The van der Waals surface area contributed by atoms with Crippen molar-refractivity contribution in [1.29, 1.82) is 0 Å². The van der Waals surface area contributed by atoms with Crippen LogP contribution in [0.3, 0.4) is 0 Å². The SMILES string of the molecule is CC(C)N1CCC2(CCN(C(=O)OCc3ccccc3)CC2)C1. The van der Waals surface area contributed by atoms with E-state index in [1.807, 2.05) is 35.2 Å². The molecule has 2 aliphatic rings. The molecule has 0 bridgehead atoms. The number of rotatable bonds is 3. The molecule has 4 nitrogen and oxygen atoms in total. The number of amides is 1. The van der Waals surface area contributed by atoms with Crippen LogP contribution in [0.5, 0.6) is 0 Å². The minimum Gasteiger partial charge on any atom is -0.445 e. The Morgan fingerprint density at radius 2 is 1.78 bits per heavy atom. The predicted molar refractivity (Wildman–Crippen MR) is 91.2 cm³/mol. The largest absolute Gasteiger partial charge is 0.445 e. The molecule has 0 aromatic heterocycles. The minimum atomic E-state index is -0.164. The highest BCUT2D eigenvalue weighted by molar-refractivity contribution is 5.67. The number of carbonyl (C=O) groups is 1. The highest BCUT2D eigenvalue weighted by atomic mass is 16.6. The van der Waals surface area contributed by atoms with E-state index in [0.717, 1.165) is 31.5 Å². The Balaban J connectivity index is 1.46. The highest BCUT2D eigenvalue weighted by Crippen LogP contribution is 2.41. The summed E-state index contributed by atoms with van der Waals surface area (Å²) in [4.78, 5) is 16.7. The monoisotopic (exact) mass is 316 g/mol. The van der Waals surface area contributed by atoms with Gasteiger partial charge in [-0.3, -0.25) is 0 Å². The van der Waals surface area contributed by atoms with E-state index in [2.05, 4.69) is 18.7 Å². The van der Waals surface area contributed by atoms with E-state index in [0.29, 0.717) is 18.1 Å². The number of piperidine rings is 1. The Labute approximate surface area is 139 Å². The molecule has 4 heteroatoms. The number of ether oxygens (including phenoxy) is 1. The zero-order valence-electron chi connectivity index (χ0n) is 14.3. The molecule has 1 spiro atoms. The van der Waals surface area contributed by atoms with Crippen molar-refractivity contribution in [2.75, 3.05) is 26.2 Å². The van der Waals surface area contributed by atoms with E-state index in [1.165, 1.54) is 19.5 Å². The smallest absolute Gasteiger partial charge is 0.410 e. The lowest BCUT2D eigenvalue weighted by atomic mass is 9.78. The van der Waals surface area contributed by atoms with Crippen molar-refractivity contribution < 1.29 is 9.53 Å². The van der Waals surface area contributed by atoms with E-state index in [1.54, 1.807) is 0 Å². The second kappa shape index (κ2) is 6.91. The van der Waals surface area contributed by atoms with Crippen LogP contribution >= 0.6 is 0 Å². The first-order chi connectivity index (χ1) is 11.1. The summed E-state index contributed by atoms with van der Waals surface area (Å²) >= 11 is 0. The molecule has 2 heterocycles. The highest BCUT2D eigenvalue weighted by Gasteiger charge is 2.42. The summed E-state index contributed by atoms with van der Waals surface area (Å²) in [5.74, 6) is 0. The van der Waals surface area contributed by atoms with Gasteiger partial charge < -0.3 is 14.5 Å². The molecule has 1 aromatic carbocycles. The minimum absolute atomic E-state index is 0.164. The molecule has 1 aromatic rings. The summed E-state index contributed by atoms with van der Waals surface area (Å²) in [6.07, 6.45) is 3.33. The number of hydrogen-bond donors (Lipinski definition) is 0. The molecule has 2 saturated heterocycles. The van der Waals surface area contributed by atoms with Crippen LogP contribution in [-0.2, 0) is 11.3 Å². The normalized spacial score (nSPS) is 21.1. The van der Waals surface area contributed by atoms with Gasteiger partial charge in [-0.25, -0.2) is 4.79 Å². The summed E-state index contributed by atoms with van der Waals surface area (Å²) < 4.78 is 5.45. The van der Waals surface area contributed by atoms with Crippen LogP contribution in [0.25, 0.3) is 0 Å². The third kappa shape index (κ3) is 3.86. The van der Waals surface area contributed by atoms with Gasteiger partial charge in [0, 0.05) is 25.7 Å². The molecule has 1 amide bonds. The van der Waals surface area contributed by atoms with Crippen LogP contribution in [0, 0.1) is 5.41 Å². The van der Waals surface area contributed by atoms with Crippen molar-refractivity contribution in [2.45, 2.75) is 45.8 Å². The van der Waals surface area contributed by atoms with Gasteiger partial charge in [0.15, 0.2) is 0 Å². The zero-order valence-corrected chi connectivity index (χ0v) is 14.3. The third-order valence-electron chi connectivity index (χ3n) is 5.49. The molecule has 126 valence electrons. The van der Waals surface area contributed by atoms with Gasteiger partial charge in [-0.1, -0.05) is 30.3 Å². The van der Waals surface area contributed by atoms with E-state index >= 15 is 0 Å². The van der Waals surface area contributed by atoms with Gasteiger partial charge in [0.2, 0.25) is 0 Å². The van der Waals surface area contributed by atoms with Gasteiger partial charge in [0.25, 0.3) is 0 Å². The van der Waals surface area contributed by atoms with Crippen LogP contribution in [-0.4, -0.2) is 48.1 Å². The Hall–Kier alpha value is -1.55. The fourth-order valence-corrected chi connectivity index (χ4v) is 3.79. The molecule has 0 atom stereocenters. The lowest BCUT2D eigenvalue weighted by molar-refractivity contribution is 0.0620. The van der Waals surface area contributed by atoms with Gasteiger partial charge in [-0.15, -0.1) is 0 Å². The fourth-order valence-electron chi connectivity index (χ4n) is 3.79. The Bertz CT molecular complexity index is 521. The number of nitrogens with zero attached hydrogens (tertiary/aromatic N) is 2. The molecular formula is C19H28N2O2. The van der Waals surface area contributed by atoms with Crippen LogP contribution in [0.1, 0.15) is 38.7 Å². The van der Waals surface area contributed by atoms with Gasteiger partial charge in [0.1, 0.15) is 6.61 Å². The van der Waals surface area contributed by atoms with Crippen LogP contribution in [0.15, 0.2) is 30.3 Å². The van der Waals surface area contributed by atoms with Crippen LogP contribution in [0.4, 0.5) is 4.79 Å². The first-order valence-corrected chi connectivity index (χ1v) is 8.78. The van der Waals surface area contributed by atoms with Crippen molar-refractivity contribution in [3.8, 4) is 0 Å². The zero-order chi connectivity index (χ0) is 16.3. The quantitative estimate of drug-likeness (QED) is 0.855. The number of carbonyl (C=O) groups excluding carboxylic acids is 1. The lowest BCUT2D eigenvalue weighted by Gasteiger charge is -2.39. The van der Waals surface area contributed by atoms with Crippen molar-refractivity contribution in [3.05, 3.63) is 35.9 Å². The predicted octanol–water partition coefficient (Wildman–Crippen LogP) is 3.52. The molecule has 0 saturated carbocycles. The molecule has 23 heavy (non-hydrogen) atoms. The maximum Gasteiger partial charge on any atom is 0.410 e. The van der Waals surface area contributed by atoms with Gasteiger partial charge in [0.05, 0.1) is 0 Å². The Kier molecular flexibility index (Phi) is 4.90. The first-order valence-electron chi connectivity index (χ1n) is 8.78. The second-order valence-electron chi connectivity index (χ2n) is 7.34. The molecule has 3 rings (SSSR count). The maximum atomic E-state index is 12.2. The molecule has 2 aliphatic heterocycles. The second-order valence-corrected chi connectivity index (χ2v) is 7.34. The Morgan fingerprint density at radius 3 is 2.39 bits per heavy atom. The summed E-state index contributed by atoms with van der Waals surface area (Å²) in [6, 6.07) is 10.5. The fraction of sp³-hybridized carbons (Fsp3) is 0.632. The average molecular weight is 316 g/mol. The van der Waals surface area contributed by atoms with Crippen LogP contribution < -0.4 is 0 Å². The molecule has 0 unspecified atom stereocenters. The number of hydrogen-bond acceptors (Lipinski definition) is 3. The molecule has 2 fully saturated rings. The van der Waals surface area contributed by atoms with E-state index in [-0.39, 0.29) is 6.09 Å². The topological polar surface area (TPSA) is 32.8 Å². The van der Waals surface area contributed by atoms with Crippen LogP contribution in [0.2, 0.25) is 0 Å². The maximum absolute atomic E-state index is 12.2. The number of likely N-dealkylation sites (tertiary alicyclic amines) is 2. The van der Waals surface area contributed by atoms with E-state index < -0.39 is 0 Å². The summed E-state index contributed by atoms with van der Waals surface area (Å²) in [7, 11) is 0.